The molecule has 5 nitrogen and oxygen atoms in total. The number of hydrogen-bond acceptors (Lipinski definition) is 5. The molecule has 0 aliphatic carbocycles. The van der Waals surface area contributed by atoms with E-state index >= 15 is 0 Å². The lowest BCUT2D eigenvalue weighted by molar-refractivity contribution is 0.224. The van der Waals surface area contributed by atoms with E-state index in [1.807, 2.05) is 8.61 Å². The van der Waals surface area contributed by atoms with Gasteiger partial charge in [0.2, 0.25) is 0 Å². The van der Waals surface area contributed by atoms with Crippen LogP contribution in [-0.4, -0.2) is 60.5 Å². The fraction of sp³-hybridized carbons (Fsp3) is 0.933. The van der Waals surface area contributed by atoms with Crippen LogP contribution in [0.15, 0.2) is 0 Å². The molecule has 1 aliphatic heterocycles. The van der Waals surface area contributed by atoms with Crippen LogP contribution < -0.4 is 0 Å². The highest BCUT2D eigenvalue weighted by Gasteiger charge is 2.34. The molecule has 7 heteroatoms. The monoisotopic (exact) mass is 348 g/mol. The van der Waals surface area contributed by atoms with E-state index in [-0.39, 0.29) is 6.03 Å². The van der Waals surface area contributed by atoms with E-state index in [0.717, 1.165) is 13.1 Å². The molecule has 2 amide bonds. The van der Waals surface area contributed by atoms with E-state index in [0.29, 0.717) is 24.2 Å². The zero-order valence-electron chi connectivity index (χ0n) is 15.2. The summed E-state index contributed by atoms with van der Waals surface area (Å²) in [5, 5.41) is 0. The number of carbonyl (C=O) groups excluding carboxylic acids is 1. The van der Waals surface area contributed by atoms with Crippen molar-refractivity contribution in [2.24, 2.45) is 0 Å². The summed E-state index contributed by atoms with van der Waals surface area (Å²) in [7, 11) is 0. The van der Waals surface area contributed by atoms with Gasteiger partial charge in [0.25, 0.3) is 0 Å². The zero-order valence-corrected chi connectivity index (χ0v) is 16.9. The average Bonchev–Trinajstić information content (AvgIpc) is 2.72. The van der Waals surface area contributed by atoms with Crippen molar-refractivity contribution >= 4 is 30.3 Å². The topological polar surface area (TPSA) is 30.0 Å². The molecule has 0 unspecified atom stereocenters. The van der Waals surface area contributed by atoms with Crippen LogP contribution in [0.5, 0.6) is 0 Å². The van der Waals surface area contributed by atoms with E-state index in [2.05, 4.69) is 64.0 Å². The Hall–Kier alpha value is -0.110. The van der Waals surface area contributed by atoms with Crippen LogP contribution in [0.2, 0.25) is 0 Å². The Balaban J connectivity index is 2.65. The van der Waals surface area contributed by atoms with Crippen LogP contribution in [0.3, 0.4) is 0 Å². The molecular formula is C15H32N4OS2. The van der Waals surface area contributed by atoms with Gasteiger partial charge < -0.3 is 0 Å². The van der Waals surface area contributed by atoms with E-state index in [1.54, 1.807) is 24.3 Å². The molecular weight excluding hydrogens is 316 g/mol. The molecule has 0 aromatic rings. The summed E-state index contributed by atoms with van der Waals surface area (Å²) in [5.41, 5.74) is 0. The number of hydrogen-bond donors (Lipinski definition) is 0. The van der Waals surface area contributed by atoms with Gasteiger partial charge in [0.05, 0.1) is 13.1 Å². The van der Waals surface area contributed by atoms with E-state index in [4.69, 9.17) is 0 Å². The number of urea groups is 1. The molecule has 0 spiro atoms. The van der Waals surface area contributed by atoms with Crippen LogP contribution in [0.4, 0.5) is 4.79 Å². The Bertz CT molecular complexity index is 315. The molecule has 0 bridgehead atoms. The molecule has 0 aromatic heterocycles. The smallest absolute Gasteiger partial charge is 0.252 e. The highest BCUT2D eigenvalue weighted by molar-refractivity contribution is 7.96. The van der Waals surface area contributed by atoms with Gasteiger partial charge in [-0.25, -0.2) is 13.4 Å². The van der Waals surface area contributed by atoms with Gasteiger partial charge in [-0.3, -0.25) is 8.61 Å². The third-order valence-electron chi connectivity index (χ3n) is 3.35. The molecule has 130 valence electrons. The first kappa shape index (κ1) is 19.9. The Morgan fingerprint density at radius 3 is 1.23 bits per heavy atom. The van der Waals surface area contributed by atoms with E-state index in [1.165, 1.54) is 0 Å². The maximum atomic E-state index is 12.6. The standard InChI is InChI=1S/C15H32N4OS2/c1-11(2)18(12(3)4)21-16-9-10-17(15(16)20)22-19(13(5)6)14(7)8/h11-14H,9-10H2,1-8H3. The molecule has 0 saturated carbocycles. The van der Waals surface area contributed by atoms with Crippen molar-refractivity contribution < 1.29 is 4.79 Å². The van der Waals surface area contributed by atoms with Gasteiger partial charge in [-0.1, -0.05) is 0 Å². The summed E-state index contributed by atoms with van der Waals surface area (Å²) in [5.74, 6) is 0. The summed E-state index contributed by atoms with van der Waals surface area (Å²) in [6, 6.07) is 1.72. The van der Waals surface area contributed by atoms with Crippen molar-refractivity contribution in [2.45, 2.75) is 79.6 Å². The lowest BCUT2D eigenvalue weighted by atomic mass is 10.3. The van der Waals surface area contributed by atoms with Crippen molar-refractivity contribution in [1.29, 1.82) is 0 Å². The van der Waals surface area contributed by atoms with E-state index < -0.39 is 0 Å². The predicted octanol–water partition coefficient (Wildman–Crippen LogP) is 4.09. The number of amides is 2. The minimum atomic E-state index is 0.104. The second-order valence-corrected chi connectivity index (χ2v) is 8.80. The minimum absolute atomic E-state index is 0.104. The molecule has 1 fully saturated rings. The van der Waals surface area contributed by atoms with Gasteiger partial charge in [0, 0.05) is 48.4 Å². The molecule has 1 heterocycles. The molecule has 0 aromatic carbocycles. The van der Waals surface area contributed by atoms with Gasteiger partial charge >= 0.3 is 6.03 Å². The van der Waals surface area contributed by atoms with Crippen molar-refractivity contribution in [3.63, 3.8) is 0 Å². The summed E-state index contributed by atoms with van der Waals surface area (Å²) in [6.07, 6.45) is 0. The summed E-state index contributed by atoms with van der Waals surface area (Å²) < 4.78 is 8.31. The first-order valence-electron chi connectivity index (χ1n) is 8.17. The first-order valence-corrected chi connectivity index (χ1v) is 9.63. The van der Waals surface area contributed by atoms with Crippen LogP contribution >= 0.6 is 24.3 Å². The Morgan fingerprint density at radius 2 is 1.00 bits per heavy atom. The summed E-state index contributed by atoms with van der Waals surface area (Å²) >= 11 is 3.14. The second-order valence-electron chi connectivity index (χ2n) is 6.74. The molecule has 1 rings (SSSR count). The predicted molar refractivity (Wildman–Crippen MR) is 98.2 cm³/mol. The molecule has 0 radical (unpaired) electrons. The largest absolute Gasteiger partial charge is 0.342 e. The SMILES string of the molecule is CC(C)N(SN1CCN(SN(C(C)C)C(C)C)C1=O)C(C)C. The van der Waals surface area contributed by atoms with E-state index in [9.17, 15) is 4.79 Å². The highest BCUT2D eigenvalue weighted by Crippen LogP contribution is 2.32. The maximum Gasteiger partial charge on any atom is 0.342 e. The normalized spacial score (nSPS) is 16.7. The van der Waals surface area contributed by atoms with Crippen LogP contribution in [0.1, 0.15) is 55.4 Å². The van der Waals surface area contributed by atoms with Crippen molar-refractivity contribution in [3.8, 4) is 0 Å². The summed E-state index contributed by atoms with van der Waals surface area (Å²) in [6.45, 7) is 18.9. The van der Waals surface area contributed by atoms with Crippen LogP contribution in [0.25, 0.3) is 0 Å². The average molecular weight is 349 g/mol. The fourth-order valence-electron chi connectivity index (χ4n) is 2.45. The van der Waals surface area contributed by atoms with Gasteiger partial charge in [0.1, 0.15) is 0 Å². The Kier molecular flexibility index (Phi) is 7.85. The quantitative estimate of drug-likeness (QED) is 0.617. The molecule has 1 saturated heterocycles. The molecule has 0 N–H and O–H groups in total. The molecule has 0 atom stereocenters. The fourth-order valence-corrected chi connectivity index (χ4v) is 4.37. The van der Waals surface area contributed by atoms with Crippen LogP contribution in [0, 0.1) is 0 Å². The first-order chi connectivity index (χ1) is 10.1. The third-order valence-corrected chi connectivity index (χ3v) is 6.49. The van der Waals surface area contributed by atoms with Gasteiger partial charge in [0.15, 0.2) is 0 Å². The van der Waals surface area contributed by atoms with Crippen molar-refractivity contribution in [3.05, 3.63) is 0 Å². The number of rotatable bonds is 8. The van der Waals surface area contributed by atoms with Gasteiger partial charge in [-0.2, -0.15) is 0 Å². The van der Waals surface area contributed by atoms with Gasteiger partial charge in [-0.15, -0.1) is 0 Å². The zero-order chi connectivity index (χ0) is 17.0. The van der Waals surface area contributed by atoms with Crippen molar-refractivity contribution in [2.75, 3.05) is 13.1 Å². The van der Waals surface area contributed by atoms with Crippen LogP contribution in [-0.2, 0) is 0 Å². The lowest BCUT2D eigenvalue weighted by Crippen LogP contribution is -2.38. The van der Waals surface area contributed by atoms with Gasteiger partial charge in [-0.05, 0) is 55.4 Å². The maximum absolute atomic E-state index is 12.6. The number of carbonyl (C=O) groups is 1. The molecule has 22 heavy (non-hydrogen) atoms. The second kappa shape index (κ2) is 8.66. The summed E-state index contributed by atoms with van der Waals surface area (Å²) in [4.78, 5) is 12.6. The number of nitrogens with zero attached hydrogens (tertiary/aromatic N) is 4. The Morgan fingerprint density at radius 1 is 0.727 bits per heavy atom. The highest BCUT2D eigenvalue weighted by atomic mass is 32.2. The Labute approximate surface area is 145 Å². The third kappa shape index (κ3) is 5.22. The van der Waals surface area contributed by atoms with Crippen molar-refractivity contribution in [1.82, 2.24) is 17.2 Å². The minimum Gasteiger partial charge on any atom is -0.252 e. The lowest BCUT2D eigenvalue weighted by Gasteiger charge is -2.33. The molecule has 1 aliphatic rings.